The molecule has 0 N–H and O–H groups in total. The first-order chi connectivity index (χ1) is 7.93. The number of rotatable bonds is 4. The monoisotopic (exact) mass is 233 g/mol. The fraction of sp³-hybridized carbons (Fsp3) is 0.400. The van der Waals surface area contributed by atoms with Gasteiger partial charge >= 0.3 is 0 Å². The zero-order valence-corrected chi connectivity index (χ0v) is 9.47. The molecule has 5 nitrogen and oxygen atoms in total. The van der Waals surface area contributed by atoms with E-state index in [0.717, 1.165) is 16.6 Å². The summed E-state index contributed by atoms with van der Waals surface area (Å²) in [6.45, 7) is 0. The molecule has 0 aromatic carbocycles. The molecule has 0 bridgehead atoms. The van der Waals surface area contributed by atoms with Crippen LogP contribution in [-0.4, -0.2) is 25.2 Å². The fourth-order valence-corrected chi connectivity index (χ4v) is 2.31. The minimum Gasteiger partial charge on any atom is -0.260 e. The van der Waals surface area contributed by atoms with Crippen LogP contribution in [-0.2, 0) is 5.75 Å². The van der Waals surface area contributed by atoms with Gasteiger partial charge in [-0.3, -0.25) is 4.98 Å². The van der Waals surface area contributed by atoms with Gasteiger partial charge in [0.2, 0.25) is 5.16 Å². The Labute approximate surface area is 97.3 Å². The second kappa shape index (κ2) is 4.21. The predicted octanol–water partition coefficient (Wildman–Crippen LogP) is 1.70. The summed E-state index contributed by atoms with van der Waals surface area (Å²) in [7, 11) is 0. The van der Waals surface area contributed by atoms with Crippen LogP contribution in [0.15, 0.2) is 29.6 Å². The summed E-state index contributed by atoms with van der Waals surface area (Å²) in [6.07, 6.45) is 4.20. The number of hydrogen-bond acceptors (Lipinski definition) is 5. The minimum absolute atomic E-state index is 0.529. The zero-order valence-electron chi connectivity index (χ0n) is 8.65. The Balaban J connectivity index is 1.68. The van der Waals surface area contributed by atoms with E-state index in [-0.39, 0.29) is 0 Å². The van der Waals surface area contributed by atoms with Crippen molar-refractivity contribution in [3.8, 4) is 0 Å². The van der Waals surface area contributed by atoms with Crippen molar-refractivity contribution in [1.29, 1.82) is 0 Å². The maximum atomic E-state index is 4.27. The molecular weight excluding hydrogens is 222 g/mol. The van der Waals surface area contributed by atoms with E-state index in [4.69, 9.17) is 0 Å². The zero-order chi connectivity index (χ0) is 10.8. The van der Waals surface area contributed by atoms with Gasteiger partial charge in [-0.25, -0.2) is 4.68 Å². The van der Waals surface area contributed by atoms with E-state index in [1.54, 1.807) is 18.0 Å². The van der Waals surface area contributed by atoms with Gasteiger partial charge in [-0.1, -0.05) is 17.8 Å². The van der Waals surface area contributed by atoms with Gasteiger partial charge in [0, 0.05) is 11.9 Å². The van der Waals surface area contributed by atoms with Crippen LogP contribution in [0.1, 0.15) is 24.6 Å². The molecule has 3 rings (SSSR count). The van der Waals surface area contributed by atoms with Crippen molar-refractivity contribution in [2.45, 2.75) is 29.8 Å². The Hall–Kier alpha value is -1.43. The molecule has 0 radical (unpaired) electrons. The second-order valence-corrected chi connectivity index (χ2v) is 4.69. The third-order valence-corrected chi connectivity index (χ3v) is 3.40. The molecule has 0 spiro atoms. The molecule has 0 unspecified atom stereocenters. The molecule has 16 heavy (non-hydrogen) atoms. The van der Waals surface area contributed by atoms with Gasteiger partial charge in [0.05, 0.1) is 11.7 Å². The third-order valence-electron chi connectivity index (χ3n) is 2.43. The lowest BCUT2D eigenvalue weighted by Gasteiger charge is -2.01. The van der Waals surface area contributed by atoms with Gasteiger partial charge in [-0.05, 0) is 35.4 Å². The number of tetrazole rings is 1. The Bertz CT molecular complexity index is 465. The lowest BCUT2D eigenvalue weighted by atomic mass is 10.4. The van der Waals surface area contributed by atoms with Crippen molar-refractivity contribution in [2.24, 2.45) is 0 Å². The number of aromatic nitrogens is 5. The molecule has 2 aromatic heterocycles. The van der Waals surface area contributed by atoms with Gasteiger partial charge < -0.3 is 0 Å². The molecule has 0 saturated heterocycles. The molecule has 6 heteroatoms. The number of pyridine rings is 1. The Kier molecular flexibility index (Phi) is 2.57. The van der Waals surface area contributed by atoms with E-state index in [2.05, 4.69) is 20.5 Å². The summed E-state index contributed by atoms with van der Waals surface area (Å²) in [5, 5.41) is 12.6. The molecule has 1 fully saturated rings. The fourth-order valence-electron chi connectivity index (χ4n) is 1.45. The van der Waals surface area contributed by atoms with Crippen LogP contribution in [0.2, 0.25) is 0 Å². The summed E-state index contributed by atoms with van der Waals surface area (Å²) in [5.74, 6) is 0.813. The standard InChI is InChI=1S/C10H11N5S/c1-2-6-11-8(3-1)7-16-10-12-13-14-15(10)9-4-5-9/h1-3,6,9H,4-5,7H2. The van der Waals surface area contributed by atoms with Gasteiger partial charge in [0.15, 0.2) is 0 Å². The predicted molar refractivity (Wildman–Crippen MR) is 59.9 cm³/mol. The highest BCUT2D eigenvalue weighted by Gasteiger charge is 2.27. The summed E-state index contributed by atoms with van der Waals surface area (Å²) >= 11 is 1.64. The lowest BCUT2D eigenvalue weighted by Crippen LogP contribution is -1.99. The molecule has 1 aliphatic rings. The summed E-state index contributed by atoms with van der Waals surface area (Å²) in [6, 6.07) is 6.45. The Morgan fingerprint density at radius 2 is 2.31 bits per heavy atom. The van der Waals surface area contributed by atoms with E-state index in [0.29, 0.717) is 6.04 Å². The second-order valence-electron chi connectivity index (χ2n) is 3.75. The first-order valence-electron chi connectivity index (χ1n) is 5.24. The lowest BCUT2D eigenvalue weighted by molar-refractivity contribution is 0.565. The average Bonchev–Trinajstić information content (AvgIpc) is 3.07. The highest BCUT2D eigenvalue weighted by molar-refractivity contribution is 7.98. The summed E-state index contributed by atoms with van der Waals surface area (Å²) in [5.41, 5.74) is 1.05. The minimum atomic E-state index is 0.529. The summed E-state index contributed by atoms with van der Waals surface area (Å²) in [4.78, 5) is 4.27. The average molecular weight is 233 g/mol. The first kappa shape index (κ1) is 9.77. The van der Waals surface area contributed by atoms with E-state index in [1.165, 1.54) is 12.8 Å². The van der Waals surface area contributed by atoms with E-state index >= 15 is 0 Å². The molecule has 0 aliphatic heterocycles. The van der Waals surface area contributed by atoms with Crippen LogP contribution in [0.5, 0.6) is 0 Å². The Morgan fingerprint density at radius 3 is 3.06 bits per heavy atom. The van der Waals surface area contributed by atoms with Crippen LogP contribution in [0.4, 0.5) is 0 Å². The number of thioether (sulfide) groups is 1. The van der Waals surface area contributed by atoms with Crippen molar-refractivity contribution in [1.82, 2.24) is 25.2 Å². The topological polar surface area (TPSA) is 56.5 Å². The van der Waals surface area contributed by atoms with Gasteiger partial charge in [0.25, 0.3) is 0 Å². The van der Waals surface area contributed by atoms with Gasteiger partial charge in [-0.15, -0.1) is 5.10 Å². The molecular formula is C10H11N5S. The van der Waals surface area contributed by atoms with Crippen molar-refractivity contribution in [3.05, 3.63) is 30.1 Å². The maximum absolute atomic E-state index is 4.27. The van der Waals surface area contributed by atoms with Gasteiger partial charge in [0.1, 0.15) is 0 Å². The highest BCUT2D eigenvalue weighted by atomic mass is 32.2. The largest absolute Gasteiger partial charge is 0.260 e. The van der Waals surface area contributed by atoms with Gasteiger partial charge in [-0.2, -0.15) is 0 Å². The van der Waals surface area contributed by atoms with E-state index in [1.807, 2.05) is 22.9 Å². The third kappa shape index (κ3) is 2.06. The smallest absolute Gasteiger partial charge is 0.209 e. The molecule has 1 saturated carbocycles. The van der Waals surface area contributed by atoms with E-state index < -0.39 is 0 Å². The first-order valence-corrected chi connectivity index (χ1v) is 6.22. The summed E-state index contributed by atoms with van der Waals surface area (Å²) < 4.78 is 1.92. The number of nitrogens with zero attached hydrogens (tertiary/aromatic N) is 5. The van der Waals surface area contributed by atoms with Crippen molar-refractivity contribution in [2.75, 3.05) is 0 Å². The van der Waals surface area contributed by atoms with E-state index in [9.17, 15) is 0 Å². The SMILES string of the molecule is c1ccc(CSc2nnnn2C2CC2)nc1. The molecule has 0 atom stereocenters. The molecule has 2 heterocycles. The van der Waals surface area contributed by atoms with Crippen LogP contribution in [0.3, 0.4) is 0 Å². The van der Waals surface area contributed by atoms with Crippen molar-refractivity contribution in [3.63, 3.8) is 0 Å². The van der Waals surface area contributed by atoms with Crippen LogP contribution < -0.4 is 0 Å². The van der Waals surface area contributed by atoms with Crippen molar-refractivity contribution < 1.29 is 0 Å². The highest BCUT2D eigenvalue weighted by Crippen LogP contribution is 2.36. The number of hydrogen-bond donors (Lipinski definition) is 0. The van der Waals surface area contributed by atoms with Crippen LogP contribution in [0.25, 0.3) is 0 Å². The normalized spacial score (nSPS) is 15.2. The van der Waals surface area contributed by atoms with Crippen LogP contribution >= 0.6 is 11.8 Å². The van der Waals surface area contributed by atoms with Crippen LogP contribution in [0, 0.1) is 0 Å². The maximum Gasteiger partial charge on any atom is 0.209 e. The van der Waals surface area contributed by atoms with Crippen molar-refractivity contribution >= 4 is 11.8 Å². The molecule has 0 amide bonds. The molecule has 2 aromatic rings. The quantitative estimate of drug-likeness (QED) is 0.752. The molecule has 1 aliphatic carbocycles. The Morgan fingerprint density at radius 1 is 1.38 bits per heavy atom. The molecule has 82 valence electrons.